The summed E-state index contributed by atoms with van der Waals surface area (Å²) in [5.41, 5.74) is 0. The number of carbonyl (C=O) groups excluding carboxylic acids is 1. The van der Waals surface area contributed by atoms with Crippen molar-refractivity contribution < 1.29 is 9.53 Å². The summed E-state index contributed by atoms with van der Waals surface area (Å²) in [6, 6.07) is 0.628. The predicted molar refractivity (Wildman–Crippen MR) is 70.5 cm³/mol. The molecule has 104 valence electrons. The maximum Gasteiger partial charge on any atom is 0.234 e. The van der Waals surface area contributed by atoms with Gasteiger partial charge < -0.3 is 15.4 Å². The van der Waals surface area contributed by atoms with Gasteiger partial charge in [-0.3, -0.25) is 9.69 Å². The Morgan fingerprint density at radius 2 is 2.39 bits per heavy atom. The maximum absolute atomic E-state index is 11.5. The first kappa shape index (κ1) is 13.8. The van der Waals surface area contributed by atoms with Gasteiger partial charge >= 0.3 is 0 Å². The molecule has 0 aromatic heterocycles. The van der Waals surface area contributed by atoms with Crippen molar-refractivity contribution in [1.29, 1.82) is 0 Å². The molecule has 0 aromatic rings. The van der Waals surface area contributed by atoms with Gasteiger partial charge in [0, 0.05) is 19.1 Å². The molecule has 2 aliphatic rings. The lowest BCUT2D eigenvalue weighted by Crippen LogP contribution is -2.50. The standard InChI is InChI=1S/C13H25N3O2/c1-2-5-14-8-13(17)15-7-12-9-16-6-3-4-11(16)10-18-12/h11-12,14H,2-10H2,1H3,(H,15,17). The summed E-state index contributed by atoms with van der Waals surface area (Å²) in [6.45, 7) is 7.01. The average Bonchev–Trinajstić information content (AvgIpc) is 2.84. The Labute approximate surface area is 109 Å². The van der Waals surface area contributed by atoms with Crippen LogP contribution >= 0.6 is 0 Å². The molecule has 2 saturated heterocycles. The molecule has 2 aliphatic heterocycles. The molecule has 2 N–H and O–H groups in total. The van der Waals surface area contributed by atoms with Gasteiger partial charge in [-0.15, -0.1) is 0 Å². The Balaban J connectivity index is 1.60. The summed E-state index contributed by atoms with van der Waals surface area (Å²) >= 11 is 0. The second kappa shape index (κ2) is 7.07. The van der Waals surface area contributed by atoms with Crippen LogP contribution in [-0.4, -0.2) is 62.3 Å². The highest BCUT2D eigenvalue weighted by molar-refractivity contribution is 5.77. The van der Waals surface area contributed by atoms with Crippen molar-refractivity contribution >= 4 is 5.91 Å². The van der Waals surface area contributed by atoms with Crippen LogP contribution in [0.4, 0.5) is 0 Å². The molecule has 2 heterocycles. The van der Waals surface area contributed by atoms with E-state index < -0.39 is 0 Å². The first-order valence-corrected chi connectivity index (χ1v) is 7.12. The molecule has 18 heavy (non-hydrogen) atoms. The smallest absolute Gasteiger partial charge is 0.234 e. The summed E-state index contributed by atoms with van der Waals surface area (Å²) in [5, 5.41) is 6.03. The Morgan fingerprint density at radius 3 is 3.22 bits per heavy atom. The lowest BCUT2D eigenvalue weighted by atomic mass is 10.2. The van der Waals surface area contributed by atoms with Crippen molar-refractivity contribution in [3.8, 4) is 0 Å². The van der Waals surface area contributed by atoms with E-state index in [1.165, 1.54) is 19.4 Å². The predicted octanol–water partition coefficient (Wildman–Crippen LogP) is -0.0346. The molecule has 2 fully saturated rings. The minimum atomic E-state index is 0.0654. The van der Waals surface area contributed by atoms with Gasteiger partial charge in [-0.05, 0) is 32.4 Å². The lowest BCUT2D eigenvalue weighted by molar-refractivity contribution is -0.121. The van der Waals surface area contributed by atoms with Gasteiger partial charge in [-0.1, -0.05) is 6.92 Å². The van der Waals surface area contributed by atoms with E-state index in [1.807, 2.05) is 0 Å². The molecule has 0 saturated carbocycles. The molecule has 5 nitrogen and oxygen atoms in total. The maximum atomic E-state index is 11.5. The lowest BCUT2D eigenvalue weighted by Gasteiger charge is -2.35. The Bertz CT molecular complexity index is 273. The number of nitrogens with one attached hydrogen (secondary N) is 2. The van der Waals surface area contributed by atoms with Crippen molar-refractivity contribution in [1.82, 2.24) is 15.5 Å². The second-order valence-corrected chi connectivity index (χ2v) is 5.23. The molecule has 0 aliphatic carbocycles. The average molecular weight is 255 g/mol. The highest BCUT2D eigenvalue weighted by Crippen LogP contribution is 2.22. The Kier molecular flexibility index (Phi) is 5.41. The monoisotopic (exact) mass is 255 g/mol. The summed E-state index contributed by atoms with van der Waals surface area (Å²) in [5.74, 6) is 0.0654. The quantitative estimate of drug-likeness (QED) is 0.654. The Hall–Kier alpha value is -0.650. The minimum Gasteiger partial charge on any atom is -0.373 e. The van der Waals surface area contributed by atoms with Crippen molar-refractivity contribution in [2.45, 2.75) is 38.3 Å². The number of hydrogen-bond acceptors (Lipinski definition) is 4. The third-order valence-corrected chi connectivity index (χ3v) is 3.70. The topological polar surface area (TPSA) is 53.6 Å². The van der Waals surface area contributed by atoms with E-state index in [1.54, 1.807) is 0 Å². The van der Waals surface area contributed by atoms with E-state index in [-0.39, 0.29) is 12.0 Å². The molecular formula is C13H25N3O2. The molecule has 2 unspecified atom stereocenters. The third-order valence-electron chi connectivity index (χ3n) is 3.70. The first-order chi connectivity index (χ1) is 8.79. The van der Waals surface area contributed by atoms with Gasteiger partial charge in [0.1, 0.15) is 0 Å². The normalized spacial score (nSPS) is 28.1. The molecule has 0 radical (unpaired) electrons. The molecule has 0 aromatic carbocycles. The summed E-state index contributed by atoms with van der Waals surface area (Å²) in [7, 11) is 0. The summed E-state index contributed by atoms with van der Waals surface area (Å²) in [4.78, 5) is 14.0. The number of nitrogens with zero attached hydrogens (tertiary/aromatic N) is 1. The summed E-state index contributed by atoms with van der Waals surface area (Å²) < 4.78 is 5.79. The van der Waals surface area contributed by atoms with Crippen LogP contribution in [0, 0.1) is 0 Å². The van der Waals surface area contributed by atoms with Crippen LogP contribution in [-0.2, 0) is 9.53 Å². The van der Waals surface area contributed by atoms with Crippen molar-refractivity contribution in [3.63, 3.8) is 0 Å². The van der Waals surface area contributed by atoms with Crippen LogP contribution in [0.3, 0.4) is 0 Å². The molecular weight excluding hydrogens is 230 g/mol. The van der Waals surface area contributed by atoms with Crippen LogP contribution < -0.4 is 10.6 Å². The van der Waals surface area contributed by atoms with Crippen LogP contribution in [0.25, 0.3) is 0 Å². The SMILES string of the molecule is CCCNCC(=O)NCC1CN2CCCC2CO1. The van der Waals surface area contributed by atoms with E-state index in [0.717, 1.165) is 26.1 Å². The van der Waals surface area contributed by atoms with E-state index in [2.05, 4.69) is 22.5 Å². The zero-order chi connectivity index (χ0) is 12.8. The van der Waals surface area contributed by atoms with Crippen LogP contribution in [0.5, 0.6) is 0 Å². The van der Waals surface area contributed by atoms with Crippen molar-refractivity contribution in [2.75, 3.05) is 39.3 Å². The van der Waals surface area contributed by atoms with Crippen molar-refractivity contribution in [2.24, 2.45) is 0 Å². The second-order valence-electron chi connectivity index (χ2n) is 5.23. The van der Waals surface area contributed by atoms with Crippen LogP contribution in [0.15, 0.2) is 0 Å². The Morgan fingerprint density at radius 1 is 1.50 bits per heavy atom. The van der Waals surface area contributed by atoms with Gasteiger partial charge in [0.2, 0.25) is 5.91 Å². The van der Waals surface area contributed by atoms with E-state index >= 15 is 0 Å². The first-order valence-electron chi connectivity index (χ1n) is 7.12. The number of morpholine rings is 1. The largest absolute Gasteiger partial charge is 0.373 e. The van der Waals surface area contributed by atoms with Gasteiger partial charge in [-0.25, -0.2) is 0 Å². The molecule has 2 atom stereocenters. The molecule has 0 bridgehead atoms. The molecule has 1 amide bonds. The number of hydrogen-bond donors (Lipinski definition) is 2. The minimum absolute atomic E-state index is 0.0654. The zero-order valence-corrected chi connectivity index (χ0v) is 11.3. The molecule has 0 spiro atoms. The van der Waals surface area contributed by atoms with Crippen molar-refractivity contribution in [3.05, 3.63) is 0 Å². The highest BCUT2D eigenvalue weighted by Gasteiger charge is 2.32. The van der Waals surface area contributed by atoms with E-state index in [0.29, 0.717) is 19.1 Å². The number of rotatable bonds is 6. The molecule has 2 rings (SSSR count). The van der Waals surface area contributed by atoms with E-state index in [4.69, 9.17) is 4.74 Å². The number of carbonyl (C=O) groups is 1. The van der Waals surface area contributed by atoms with Crippen LogP contribution in [0.1, 0.15) is 26.2 Å². The number of amides is 1. The third kappa shape index (κ3) is 3.93. The van der Waals surface area contributed by atoms with Gasteiger partial charge in [-0.2, -0.15) is 0 Å². The van der Waals surface area contributed by atoms with Gasteiger partial charge in [0.05, 0.1) is 19.3 Å². The number of fused-ring (bicyclic) bond motifs is 1. The van der Waals surface area contributed by atoms with Gasteiger partial charge in [0.15, 0.2) is 0 Å². The van der Waals surface area contributed by atoms with Crippen LogP contribution in [0.2, 0.25) is 0 Å². The fourth-order valence-electron chi connectivity index (χ4n) is 2.68. The number of ether oxygens (including phenoxy) is 1. The zero-order valence-electron chi connectivity index (χ0n) is 11.3. The van der Waals surface area contributed by atoms with E-state index in [9.17, 15) is 4.79 Å². The van der Waals surface area contributed by atoms with Gasteiger partial charge in [0.25, 0.3) is 0 Å². The highest BCUT2D eigenvalue weighted by atomic mass is 16.5. The molecule has 5 heteroatoms. The summed E-state index contributed by atoms with van der Waals surface area (Å²) in [6.07, 6.45) is 3.76. The fraction of sp³-hybridized carbons (Fsp3) is 0.923. The fourth-order valence-corrected chi connectivity index (χ4v) is 2.68.